The number of phenols is 3. The van der Waals surface area contributed by atoms with Gasteiger partial charge in [-0.1, -0.05) is 5.21 Å². The molecule has 0 bridgehead atoms. The van der Waals surface area contributed by atoms with Crippen LogP contribution in [0.25, 0.3) is 0 Å². The molecule has 0 radical (unpaired) electrons. The maximum Gasteiger partial charge on any atom is 0.200 e. The Morgan fingerprint density at radius 1 is 1.04 bits per heavy atom. The van der Waals surface area contributed by atoms with Crippen LogP contribution in [0, 0.1) is 0 Å². The molecule has 1 aliphatic heterocycles. The van der Waals surface area contributed by atoms with Crippen LogP contribution in [0.1, 0.15) is 11.3 Å². The largest absolute Gasteiger partial charge is 0.504 e. The fourth-order valence-electron chi connectivity index (χ4n) is 2.79. The summed E-state index contributed by atoms with van der Waals surface area (Å²) in [6.07, 6.45) is -5.39. The number of nitrogens with zero attached hydrogens (tertiary/aromatic N) is 3. The van der Waals surface area contributed by atoms with Gasteiger partial charge in [0.15, 0.2) is 23.5 Å². The van der Waals surface area contributed by atoms with Crippen LogP contribution in [-0.4, -0.2) is 88.1 Å². The van der Waals surface area contributed by atoms with Gasteiger partial charge < -0.3 is 45.2 Å². The maximum atomic E-state index is 9.92. The highest BCUT2D eigenvalue weighted by Gasteiger charge is 2.44. The zero-order chi connectivity index (χ0) is 20.4. The minimum Gasteiger partial charge on any atom is -0.504 e. The number of aliphatic hydroxyl groups is 4. The number of benzene rings is 1. The number of aliphatic hydroxyl groups excluding tert-OH is 4. The fourth-order valence-corrected chi connectivity index (χ4v) is 2.79. The van der Waals surface area contributed by atoms with Crippen molar-refractivity contribution in [3.8, 4) is 17.2 Å². The Bertz CT molecular complexity index is 789. The summed E-state index contributed by atoms with van der Waals surface area (Å²) >= 11 is 0. The van der Waals surface area contributed by atoms with Crippen LogP contribution in [0.4, 0.5) is 0 Å². The number of ether oxygens (including phenoxy) is 2. The lowest BCUT2D eigenvalue weighted by Gasteiger charge is -2.39. The van der Waals surface area contributed by atoms with E-state index in [2.05, 4.69) is 10.3 Å². The number of aromatic nitrogens is 3. The van der Waals surface area contributed by atoms with E-state index in [4.69, 9.17) is 14.6 Å². The molecule has 0 spiro atoms. The molecule has 7 N–H and O–H groups in total. The third-order valence-electron chi connectivity index (χ3n) is 4.30. The predicted octanol–water partition coefficient (Wildman–Crippen LogP) is -2.24. The molecule has 0 saturated carbocycles. The van der Waals surface area contributed by atoms with Crippen molar-refractivity contribution in [3.63, 3.8) is 0 Å². The van der Waals surface area contributed by atoms with Crippen LogP contribution in [0.2, 0.25) is 0 Å². The summed E-state index contributed by atoms with van der Waals surface area (Å²) in [6.45, 7) is -0.573. The second-order valence-electron chi connectivity index (χ2n) is 6.40. The summed E-state index contributed by atoms with van der Waals surface area (Å²) < 4.78 is 12.0. The van der Waals surface area contributed by atoms with Crippen LogP contribution in [0.3, 0.4) is 0 Å². The zero-order valence-corrected chi connectivity index (χ0v) is 14.5. The molecule has 1 aliphatic rings. The summed E-state index contributed by atoms with van der Waals surface area (Å²) in [7, 11) is 0. The first-order chi connectivity index (χ1) is 13.3. The van der Waals surface area contributed by atoms with Crippen LogP contribution in [0.15, 0.2) is 18.3 Å². The van der Waals surface area contributed by atoms with Crippen molar-refractivity contribution in [1.29, 1.82) is 0 Å². The van der Waals surface area contributed by atoms with Crippen molar-refractivity contribution < 1.29 is 45.2 Å². The van der Waals surface area contributed by atoms with Crippen molar-refractivity contribution in [1.82, 2.24) is 15.0 Å². The highest BCUT2D eigenvalue weighted by molar-refractivity contribution is 5.51. The fraction of sp³-hybridized carbons (Fsp3) is 0.500. The summed E-state index contributed by atoms with van der Waals surface area (Å²) in [5, 5.41) is 74.7. The molecule has 0 amide bonds. The lowest BCUT2D eigenvalue weighted by atomic mass is 9.99. The van der Waals surface area contributed by atoms with Crippen LogP contribution >= 0.6 is 0 Å². The molecular formula is C16H21N3O9. The molecule has 5 atom stereocenters. The van der Waals surface area contributed by atoms with E-state index in [1.54, 1.807) is 0 Å². The molecule has 2 unspecified atom stereocenters. The Morgan fingerprint density at radius 3 is 2.36 bits per heavy atom. The number of aromatic hydroxyl groups is 3. The molecule has 2 aromatic rings. The van der Waals surface area contributed by atoms with Gasteiger partial charge in [-0.05, 0) is 17.7 Å². The Morgan fingerprint density at radius 2 is 1.71 bits per heavy atom. The first-order valence-corrected chi connectivity index (χ1v) is 8.35. The van der Waals surface area contributed by atoms with Gasteiger partial charge in [-0.15, -0.1) is 5.10 Å². The molecule has 0 aliphatic carbocycles. The summed E-state index contributed by atoms with van der Waals surface area (Å²) in [4.78, 5) is 0. The third-order valence-corrected chi connectivity index (χ3v) is 4.30. The molecule has 154 valence electrons. The second kappa shape index (κ2) is 8.26. The number of rotatable bonds is 6. The number of hydrogen-bond donors (Lipinski definition) is 7. The minimum absolute atomic E-state index is 0.133. The molecule has 1 aromatic carbocycles. The minimum atomic E-state index is -1.54. The lowest BCUT2D eigenvalue weighted by molar-refractivity contribution is -0.304. The van der Waals surface area contributed by atoms with E-state index in [1.807, 2.05) is 0 Å². The van der Waals surface area contributed by atoms with Crippen molar-refractivity contribution in [2.24, 2.45) is 0 Å². The summed E-state index contributed by atoms with van der Waals surface area (Å²) in [5.74, 6) is -1.56. The highest BCUT2D eigenvalue weighted by atomic mass is 16.7. The van der Waals surface area contributed by atoms with Crippen LogP contribution in [-0.2, 0) is 22.6 Å². The normalized spacial score (nSPS) is 27.8. The molecule has 12 heteroatoms. The average Bonchev–Trinajstić information content (AvgIpc) is 3.11. The molecule has 3 rings (SSSR count). The van der Waals surface area contributed by atoms with Gasteiger partial charge in [0.1, 0.15) is 30.1 Å². The Labute approximate surface area is 158 Å². The van der Waals surface area contributed by atoms with Gasteiger partial charge in [0.25, 0.3) is 0 Å². The van der Waals surface area contributed by atoms with Gasteiger partial charge in [0.05, 0.1) is 26.0 Å². The second-order valence-corrected chi connectivity index (χ2v) is 6.40. The molecule has 2 heterocycles. The molecule has 1 saturated heterocycles. The summed E-state index contributed by atoms with van der Waals surface area (Å²) in [5.41, 5.74) is 0.809. The molecule has 1 fully saturated rings. The van der Waals surface area contributed by atoms with Gasteiger partial charge in [0, 0.05) is 0 Å². The highest BCUT2D eigenvalue weighted by Crippen LogP contribution is 2.35. The van der Waals surface area contributed by atoms with E-state index in [0.717, 1.165) is 0 Å². The molecule has 28 heavy (non-hydrogen) atoms. The first kappa shape index (κ1) is 20.3. The lowest BCUT2D eigenvalue weighted by Crippen LogP contribution is -2.59. The van der Waals surface area contributed by atoms with Gasteiger partial charge >= 0.3 is 0 Å². The van der Waals surface area contributed by atoms with Crippen molar-refractivity contribution in [2.75, 3.05) is 6.61 Å². The maximum absolute atomic E-state index is 9.92. The van der Waals surface area contributed by atoms with Crippen LogP contribution in [0.5, 0.6) is 17.2 Å². The van der Waals surface area contributed by atoms with E-state index < -0.39 is 54.6 Å². The number of hydrogen-bond acceptors (Lipinski definition) is 11. The Balaban J connectivity index is 1.60. The van der Waals surface area contributed by atoms with Gasteiger partial charge in [0.2, 0.25) is 0 Å². The quantitative estimate of drug-likeness (QED) is 0.260. The van der Waals surface area contributed by atoms with E-state index >= 15 is 0 Å². The molecule has 1 aromatic heterocycles. The molecular weight excluding hydrogens is 378 g/mol. The topological polar surface area (TPSA) is 191 Å². The van der Waals surface area contributed by atoms with Crippen molar-refractivity contribution in [2.45, 2.75) is 43.9 Å². The monoisotopic (exact) mass is 399 g/mol. The van der Waals surface area contributed by atoms with E-state index in [1.165, 1.54) is 23.0 Å². The van der Waals surface area contributed by atoms with E-state index in [-0.39, 0.29) is 13.2 Å². The smallest absolute Gasteiger partial charge is 0.200 e. The third kappa shape index (κ3) is 4.16. The zero-order valence-electron chi connectivity index (χ0n) is 14.5. The first-order valence-electron chi connectivity index (χ1n) is 8.35. The van der Waals surface area contributed by atoms with E-state index in [0.29, 0.717) is 11.3 Å². The Hall–Kier alpha value is -2.48. The molecule has 12 nitrogen and oxygen atoms in total. The predicted molar refractivity (Wildman–Crippen MR) is 89.1 cm³/mol. The Kier molecular flexibility index (Phi) is 5.98. The van der Waals surface area contributed by atoms with Gasteiger partial charge in [-0.2, -0.15) is 0 Å². The van der Waals surface area contributed by atoms with Crippen molar-refractivity contribution in [3.05, 3.63) is 29.6 Å². The SMILES string of the molecule is OCC1O[C@@H](OCc2cn(Cc3cc(O)c(O)c(O)c3)nn2)C(O)[C@@H](O)[C@@H]1O. The van der Waals surface area contributed by atoms with Crippen LogP contribution < -0.4 is 0 Å². The average molecular weight is 399 g/mol. The standard InChI is InChI=1S/C16H21N3O9/c20-5-11-13(24)14(25)15(26)16(28-11)27-6-8-4-19(18-17-8)3-7-1-9(21)12(23)10(22)2-7/h1-2,4,11,13-16,20-26H,3,5-6H2/t11?,13-,14+,15?,16-/m1/s1. The number of phenolic OH excluding ortho intramolecular Hbond substituents is 3. The van der Waals surface area contributed by atoms with Gasteiger partial charge in [-0.25, -0.2) is 4.68 Å². The van der Waals surface area contributed by atoms with E-state index in [9.17, 15) is 30.6 Å². The van der Waals surface area contributed by atoms with Gasteiger partial charge in [-0.3, -0.25) is 0 Å². The summed E-state index contributed by atoms with van der Waals surface area (Å²) in [6, 6.07) is 2.53. The van der Waals surface area contributed by atoms with Crippen molar-refractivity contribution >= 4 is 0 Å².